The molecule has 0 amide bonds. The molecular weight excluding hydrogens is 498 g/mol. The van der Waals surface area contributed by atoms with Crippen molar-refractivity contribution in [2.24, 2.45) is 0 Å². The molecule has 2 aromatic heterocycles. The molecular formula is C29H39N5O3S. The number of hydrogen-bond donors (Lipinski definition) is 2. The predicted octanol–water partition coefficient (Wildman–Crippen LogP) is 7.04. The standard InChI is InChI=1S/C29H39N5O3S/c35-24(25-13-7-9-19-37-25)12-6-1-2-8-18-36-23-16-14-22(15-17-23)32-29-33-27-26(38-20-30-27)28(34-29)31-21-10-4-3-5-11-21/h14-17,20-21,25H,1-13,18-19H2,(H2,31,32,33,34). The van der Waals surface area contributed by atoms with Crippen molar-refractivity contribution in [1.29, 1.82) is 0 Å². The Morgan fingerprint density at radius 3 is 2.61 bits per heavy atom. The minimum atomic E-state index is -0.147. The predicted molar refractivity (Wildman–Crippen MR) is 153 cm³/mol. The molecule has 1 unspecified atom stereocenters. The highest BCUT2D eigenvalue weighted by Crippen LogP contribution is 2.30. The summed E-state index contributed by atoms with van der Waals surface area (Å²) >= 11 is 1.58. The van der Waals surface area contributed by atoms with Gasteiger partial charge < -0.3 is 20.1 Å². The SMILES string of the molecule is O=C(CCCCCCOc1ccc(Nc2nc(NC3CCCCC3)c3scnc3n2)cc1)C1CCCCO1. The second-order valence-corrected chi connectivity index (χ2v) is 11.2. The minimum absolute atomic E-state index is 0.147. The zero-order valence-corrected chi connectivity index (χ0v) is 22.9. The fraction of sp³-hybridized carbons (Fsp3) is 0.586. The van der Waals surface area contributed by atoms with Crippen molar-refractivity contribution < 1.29 is 14.3 Å². The van der Waals surface area contributed by atoms with Crippen LogP contribution in [0.5, 0.6) is 5.75 Å². The first-order chi connectivity index (χ1) is 18.7. The number of hydrogen-bond acceptors (Lipinski definition) is 9. The van der Waals surface area contributed by atoms with E-state index in [1.165, 1.54) is 32.1 Å². The van der Waals surface area contributed by atoms with Gasteiger partial charge in [-0.15, -0.1) is 11.3 Å². The van der Waals surface area contributed by atoms with Crippen molar-refractivity contribution in [1.82, 2.24) is 15.0 Å². The number of anilines is 3. The van der Waals surface area contributed by atoms with Gasteiger partial charge in [-0.1, -0.05) is 32.1 Å². The molecule has 1 aliphatic heterocycles. The fourth-order valence-corrected chi connectivity index (χ4v) is 5.90. The summed E-state index contributed by atoms with van der Waals surface area (Å²) in [5.74, 6) is 2.54. The number of benzene rings is 1. The maximum atomic E-state index is 12.2. The van der Waals surface area contributed by atoms with Crippen molar-refractivity contribution >= 4 is 44.9 Å². The first-order valence-corrected chi connectivity index (χ1v) is 15.1. The molecule has 38 heavy (non-hydrogen) atoms. The number of carbonyl (C=O) groups excluding carboxylic acids is 1. The molecule has 1 saturated heterocycles. The Bertz CT molecular complexity index is 1160. The molecule has 3 aromatic rings. The highest BCUT2D eigenvalue weighted by atomic mass is 32.1. The Kier molecular flexibility index (Phi) is 9.77. The monoisotopic (exact) mass is 537 g/mol. The topological polar surface area (TPSA) is 98.3 Å². The Balaban J connectivity index is 1.04. The number of nitrogens with zero attached hydrogens (tertiary/aromatic N) is 3. The van der Waals surface area contributed by atoms with Gasteiger partial charge in [-0.05, 0) is 69.2 Å². The van der Waals surface area contributed by atoms with Gasteiger partial charge in [0.15, 0.2) is 17.2 Å². The van der Waals surface area contributed by atoms with Crippen LogP contribution in [0.3, 0.4) is 0 Å². The molecule has 2 N–H and O–H groups in total. The quantitative estimate of drug-likeness (QED) is 0.224. The van der Waals surface area contributed by atoms with E-state index >= 15 is 0 Å². The van der Waals surface area contributed by atoms with Crippen LogP contribution >= 0.6 is 11.3 Å². The van der Waals surface area contributed by atoms with Gasteiger partial charge in [0.05, 0.1) is 12.1 Å². The van der Waals surface area contributed by atoms with Crippen LogP contribution in [0.2, 0.25) is 0 Å². The van der Waals surface area contributed by atoms with Crippen molar-refractivity contribution in [2.75, 3.05) is 23.8 Å². The Hall–Kier alpha value is -2.78. The normalized spacial score (nSPS) is 18.4. The molecule has 8 nitrogen and oxygen atoms in total. The molecule has 5 rings (SSSR count). The van der Waals surface area contributed by atoms with E-state index in [0.29, 0.717) is 25.0 Å². The van der Waals surface area contributed by atoms with E-state index in [4.69, 9.17) is 14.5 Å². The summed E-state index contributed by atoms with van der Waals surface area (Å²) in [4.78, 5) is 26.0. The lowest BCUT2D eigenvalue weighted by atomic mass is 9.95. The second-order valence-electron chi connectivity index (χ2n) is 10.4. The van der Waals surface area contributed by atoms with Gasteiger partial charge in [-0.25, -0.2) is 4.98 Å². The van der Waals surface area contributed by atoms with Gasteiger partial charge in [-0.2, -0.15) is 9.97 Å². The number of rotatable bonds is 13. The number of fused-ring (bicyclic) bond motifs is 1. The van der Waals surface area contributed by atoms with Crippen molar-refractivity contribution in [3.05, 3.63) is 29.8 Å². The third-order valence-corrected chi connectivity index (χ3v) is 8.20. The van der Waals surface area contributed by atoms with E-state index in [1.54, 1.807) is 11.3 Å². The van der Waals surface area contributed by atoms with Crippen LogP contribution in [0.25, 0.3) is 10.3 Å². The van der Waals surface area contributed by atoms with E-state index in [2.05, 4.69) is 20.6 Å². The number of ether oxygens (including phenoxy) is 2. The van der Waals surface area contributed by atoms with Crippen LogP contribution < -0.4 is 15.4 Å². The van der Waals surface area contributed by atoms with Crippen LogP contribution in [-0.2, 0) is 9.53 Å². The van der Waals surface area contributed by atoms with Gasteiger partial charge >= 0.3 is 0 Å². The molecule has 1 aromatic carbocycles. The highest BCUT2D eigenvalue weighted by Gasteiger charge is 2.21. The summed E-state index contributed by atoms with van der Waals surface area (Å²) in [5, 5.41) is 6.97. The van der Waals surface area contributed by atoms with Crippen molar-refractivity contribution in [3.63, 3.8) is 0 Å². The van der Waals surface area contributed by atoms with Crippen LogP contribution in [0, 0.1) is 0 Å². The van der Waals surface area contributed by atoms with Gasteiger partial charge in [0.2, 0.25) is 5.95 Å². The zero-order chi connectivity index (χ0) is 26.0. The van der Waals surface area contributed by atoms with Crippen molar-refractivity contribution in [2.45, 2.75) is 95.6 Å². The summed E-state index contributed by atoms with van der Waals surface area (Å²) in [7, 11) is 0. The van der Waals surface area contributed by atoms with E-state index < -0.39 is 0 Å². The van der Waals surface area contributed by atoms with Crippen LogP contribution in [0.1, 0.15) is 83.5 Å². The van der Waals surface area contributed by atoms with Gasteiger partial charge in [-0.3, -0.25) is 4.79 Å². The number of unbranched alkanes of at least 4 members (excludes halogenated alkanes) is 3. The zero-order valence-electron chi connectivity index (χ0n) is 22.1. The largest absolute Gasteiger partial charge is 0.494 e. The Morgan fingerprint density at radius 2 is 1.79 bits per heavy atom. The average molecular weight is 538 g/mol. The number of carbonyl (C=O) groups is 1. The number of Topliss-reactive ketones (excluding diaryl/α,β-unsaturated/α-hetero) is 1. The van der Waals surface area contributed by atoms with Gasteiger partial charge in [0.1, 0.15) is 16.6 Å². The highest BCUT2D eigenvalue weighted by molar-refractivity contribution is 7.17. The molecule has 1 aliphatic carbocycles. The number of thiazole rings is 1. The van der Waals surface area contributed by atoms with Crippen molar-refractivity contribution in [3.8, 4) is 5.75 Å². The molecule has 0 radical (unpaired) electrons. The Morgan fingerprint density at radius 1 is 0.974 bits per heavy atom. The number of aromatic nitrogens is 3. The van der Waals surface area contributed by atoms with E-state index in [1.807, 2.05) is 29.8 Å². The number of nitrogens with one attached hydrogen (secondary N) is 2. The summed E-state index contributed by atoms with van der Waals surface area (Å²) in [6.07, 6.45) is 13.8. The molecule has 0 bridgehead atoms. The van der Waals surface area contributed by atoms with E-state index in [-0.39, 0.29) is 11.9 Å². The maximum Gasteiger partial charge on any atom is 0.231 e. The summed E-state index contributed by atoms with van der Waals surface area (Å²) in [6.45, 7) is 1.41. The van der Waals surface area contributed by atoms with Gasteiger partial charge in [0.25, 0.3) is 0 Å². The maximum absolute atomic E-state index is 12.2. The molecule has 2 aliphatic rings. The van der Waals surface area contributed by atoms with Crippen LogP contribution in [0.4, 0.5) is 17.5 Å². The van der Waals surface area contributed by atoms with E-state index in [9.17, 15) is 4.79 Å². The van der Waals surface area contributed by atoms with Crippen LogP contribution in [0.15, 0.2) is 29.8 Å². The molecule has 3 heterocycles. The smallest absolute Gasteiger partial charge is 0.231 e. The third-order valence-electron chi connectivity index (χ3n) is 7.37. The lowest BCUT2D eigenvalue weighted by molar-refractivity contribution is -0.133. The minimum Gasteiger partial charge on any atom is -0.494 e. The van der Waals surface area contributed by atoms with Gasteiger partial charge in [0, 0.05) is 24.8 Å². The third kappa shape index (κ3) is 7.63. The average Bonchev–Trinajstić information content (AvgIpc) is 3.43. The Labute approximate surface area is 229 Å². The van der Waals surface area contributed by atoms with Crippen LogP contribution in [-0.4, -0.2) is 46.1 Å². The molecule has 9 heteroatoms. The lowest BCUT2D eigenvalue weighted by Gasteiger charge is -2.23. The molecule has 0 spiro atoms. The lowest BCUT2D eigenvalue weighted by Crippen LogP contribution is -2.27. The summed E-state index contributed by atoms with van der Waals surface area (Å²) < 4.78 is 12.5. The number of ketones is 1. The molecule has 2 fully saturated rings. The molecule has 1 atom stereocenters. The first-order valence-electron chi connectivity index (χ1n) is 14.3. The molecule has 1 saturated carbocycles. The first kappa shape index (κ1) is 26.8. The fourth-order valence-electron chi connectivity index (χ4n) is 5.22. The summed E-state index contributed by atoms with van der Waals surface area (Å²) in [5.41, 5.74) is 3.45. The van der Waals surface area contributed by atoms with E-state index in [0.717, 1.165) is 79.2 Å². The molecule has 204 valence electrons. The summed E-state index contributed by atoms with van der Waals surface area (Å²) in [6, 6.07) is 8.36. The second kappa shape index (κ2) is 13.8.